The van der Waals surface area contributed by atoms with Crippen molar-refractivity contribution in [3.8, 4) is 0 Å². The molecule has 0 radical (unpaired) electrons. The highest BCUT2D eigenvalue weighted by Crippen LogP contribution is 2.11. The Kier molecular flexibility index (Phi) is 39.5. The average molecular weight is 703 g/mol. The molecule has 6 N–H and O–H groups in total. The normalized spacial score (nSPS) is 13.8. The molecular weight excluding hydrogens is 617 g/mol. The molecule has 0 aromatic heterocycles. The van der Waals surface area contributed by atoms with Gasteiger partial charge in [0.15, 0.2) is 0 Å². The molecule has 0 heterocycles. The molecule has 0 aliphatic heterocycles. The molecule has 2 unspecified atom stereocenters. The third-order valence-corrected chi connectivity index (χ3v) is 9.56. The maximum absolute atomic E-state index is 10.3. The van der Waals surface area contributed by atoms with Crippen molar-refractivity contribution in [3.63, 3.8) is 0 Å². The summed E-state index contributed by atoms with van der Waals surface area (Å²) in [4.78, 5) is 4.75. The first kappa shape index (κ1) is 48.7. The fourth-order valence-electron chi connectivity index (χ4n) is 6.26. The van der Waals surface area contributed by atoms with Crippen molar-refractivity contribution in [3.05, 3.63) is 48.6 Å². The van der Waals surface area contributed by atoms with Crippen LogP contribution in [0.2, 0.25) is 0 Å². The van der Waals surface area contributed by atoms with Gasteiger partial charge in [-0.25, -0.2) is 0 Å². The van der Waals surface area contributed by atoms with E-state index in [0.29, 0.717) is 26.2 Å². The molecule has 0 aromatic carbocycles. The van der Waals surface area contributed by atoms with E-state index in [1.807, 2.05) is 0 Å². The van der Waals surface area contributed by atoms with Gasteiger partial charge in [-0.3, -0.25) is 9.80 Å². The number of hydrogen-bond donors (Lipinski definition) is 4. The van der Waals surface area contributed by atoms with E-state index in [-0.39, 0.29) is 0 Å². The number of rotatable bonds is 39. The van der Waals surface area contributed by atoms with Gasteiger partial charge in [0, 0.05) is 39.3 Å². The fourth-order valence-corrected chi connectivity index (χ4v) is 6.26. The second-order valence-electron chi connectivity index (χ2n) is 14.5. The van der Waals surface area contributed by atoms with Crippen molar-refractivity contribution >= 4 is 0 Å². The first-order chi connectivity index (χ1) is 24.6. The Morgan fingerprint density at radius 1 is 0.400 bits per heavy atom. The van der Waals surface area contributed by atoms with Crippen LogP contribution in [-0.2, 0) is 0 Å². The Morgan fingerprint density at radius 3 is 1.02 bits per heavy atom. The number of hydrogen-bond acceptors (Lipinski definition) is 6. The topological polar surface area (TPSA) is 99.0 Å². The number of aliphatic hydroxyl groups excluding tert-OH is 2. The van der Waals surface area contributed by atoms with Crippen molar-refractivity contribution in [2.45, 2.75) is 180 Å². The van der Waals surface area contributed by atoms with Crippen LogP contribution in [0.1, 0.15) is 168 Å². The molecule has 0 rings (SSSR count). The summed E-state index contributed by atoms with van der Waals surface area (Å²) in [5, 5.41) is 20.6. The van der Waals surface area contributed by atoms with E-state index in [4.69, 9.17) is 11.5 Å². The largest absolute Gasteiger partial charge is 0.390 e. The van der Waals surface area contributed by atoms with Crippen molar-refractivity contribution in [1.82, 2.24) is 9.80 Å². The minimum Gasteiger partial charge on any atom is -0.390 e. The molecule has 50 heavy (non-hydrogen) atoms. The van der Waals surface area contributed by atoms with Crippen LogP contribution in [0.3, 0.4) is 0 Å². The quantitative estimate of drug-likeness (QED) is 0.0376. The third kappa shape index (κ3) is 36.5. The molecule has 6 nitrogen and oxygen atoms in total. The van der Waals surface area contributed by atoms with Crippen LogP contribution in [0.5, 0.6) is 0 Å². The number of nitrogens with two attached hydrogens (primary N) is 2. The Hall–Kier alpha value is -1.28. The predicted octanol–water partition coefficient (Wildman–Crippen LogP) is 9.86. The molecule has 0 saturated carbocycles. The SMILES string of the molecule is CCCCC/C=C\C/C=C/CCCCCCCCN(CCN(CCCCCCCC/C=C/C/C=C\CCCCC)CC(O)CN)CC(O)CN. The minimum absolute atomic E-state index is 0.294. The molecule has 0 aliphatic carbocycles. The lowest BCUT2D eigenvalue weighted by Crippen LogP contribution is -2.44. The van der Waals surface area contributed by atoms with Crippen molar-refractivity contribution in [1.29, 1.82) is 0 Å². The van der Waals surface area contributed by atoms with E-state index < -0.39 is 12.2 Å². The van der Waals surface area contributed by atoms with Crippen molar-refractivity contribution < 1.29 is 10.2 Å². The zero-order valence-electron chi connectivity index (χ0n) is 33.3. The highest BCUT2D eigenvalue weighted by molar-refractivity contribution is 4.93. The average Bonchev–Trinajstić information content (AvgIpc) is 3.12. The summed E-state index contributed by atoms with van der Waals surface area (Å²) in [5.41, 5.74) is 11.6. The van der Waals surface area contributed by atoms with Gasteiger partial charge in [0.1, 0.15) is 0 Å². The van der Waals surface area contributed by atoms with Crippen LogP contribution >= 0.6 is 0 Å². The maximum Gasteiger partial charge on any atom is 0.0789 e. The molecule has 0 fully saturated rings. The van der Waals surface area contributed by atoms with Crippen LogP contribution in [0, 0.1) is 0 Å². The second kappa shape index (κ2) is 40.5. The van der Waals surface area contributed by atoms with Crippen LogP contribution < -0.4 is 11.5 Å². The third-order valence-electron chi connectivity index (χ3n) is 9.56. The summed E-state index contributed by atoms with van der Waals surface area (Å²) < 4.78 is 0. The summed E-state index contributed by atoms with van der Waals surface area (Å²) >= 11 is 0. The van der Waals surface area contributed by atoms with Gasteiger partial charge in [-0.2, -0.15) is 0 Å². The summed E-state index contributed by atoms with van der Waals surface area (Å²) in [5.74, 6) is 0. The van der Waals surface area contributed by atoms with E-state index in [1.54, 1.807) is 0 Å². The zero-order valence-corrected chi connectivity index (χ0v) is 33.3. The van der Waals surface area contributed by atoms with E-state index in [1.165, 1.54) is 128 Å². The van der Waals surface area contributed by atoms with E-state index >= 15 is 0 Å². The molecule has 0 spiro atoms. The van der Waals surface area contributed by atoms with Gasteiger partial charge < -0.3 is 21.7 Å². The highest BCUT2D eigenvalue weighted by Gasteiger charge is 2.15. The number of unbranched alkanes of at least 4 members (excludes halogenated alkanes) is 18. The lowest BCUT2D eigenvalue weighted by Gasteiger charge is -2.30. The summed E-state index contributed by atoms with van der Waals surface area (Å²) in [6.07, 6.45) is 47.6. The number of aliphatic hydroxyl groups is 2. The van der Waals surface area contributed by atoms with Crippen LogP contribution in [0.25, 0.3) is 0 Å². The molecule has 6 heteroatoms. The van der Waals surface area contributed by atoms with E-state index in [2.05, 4.69) is 72.3 Å². The number of nitrogens with zero attached hydrogens (tertiary/aromatic N) is 2. The molecule has 0 aliphatic rings. The maximum atomic E-state index is 10.3. The Labute approximate surface area is 311 Å². The first-order valence-electron chi connectivity index (χ1n) is 21.4. The molecular formula is C44H86N4O2. The van der Waals surface area contributed by atoms with Gasteiger partial charge in [0.2, 0.25) is 0 Å². The molecule has 2 atom stereocenters. The Bertz CT molecular complexity index is 720. The zero-order chi connectivity index (χ0) is 36.6. The Morgan fingerprint density at radius 2 is 0.700 bits per heavy atom. The van der Waals surface area contributed by atoms with Gasteiger partial charge in [-0.15, -0.1) is 0 Å². The first-order valence-corrected chi connectivity index (χ1v) is 21.4. The monoisotopic (exact) mass is 703 g/mol. The lowest BCUT2D eigenvalue weighted by atomic mass is 10.1. The smallest absolute Gasteiger partial charge is 0.0789 e. The highest BCUT2D eigenvalue weighted by atomic mass is 16.3. The Balaban J connectivity index is 4.21. The van der Waals surface area contributed by atoms with E-state index in [9.17, 15) is 10.2 Å². The summed E-state index contributed by atoms with van der Waals surface area (Å²) in [6.45, 7) is 10.1. The van der Waals surface area contributed by atoms with Gasteiger partial charge in [0.25, 0.3) is 0 Å². The lowest BCUT2D eigenvalue weighted by molar-refractivity contribution is 0.0882. The van der Waals surface area contributed by atoms with Crippen LogP contribution in [-0.4, -0.2) is 84.6 Å². The van der Waals surface area contributed by atoms with Crippen LogP contribution in [0.4, 0.5) is 0 Å². The summed E-state index contributed by atoms with van der Waals surface area (Å²) in [7, 11) is 0. The van der Waals surface area contributed by atoms with Gasteiger partial charge in [0.05, 0.1) is 12.2 Å². The van der Waals surface area contributed by atoms with Crippen molar-refractivity contribution in [2.75, 3.05) is 52.4 Å². The van der Waals surface area contributed by atoms with Gasteiger partial charge in [-0.1, -0.05) is 140 Å². The molecule has 0 bridgehead atoms. The molecule has 0 amide bonds. The molecule has 0 saturated heterocycles. The van der Waals surface area contributed by atoms with Gasteiger partial charge in [-0.05, 0) is 90.1 Å². The summed E-state index contributed by atoms with van der Waals surface area (Å²) in [6, 6.07) is 0. The van der Waals surface area contributed by atoms with Crippen LogP contribution in [0.15, 0.2) is 48.6 Å². The van der Waals surface area contributed by atoms with Crippen molar-refractivity contribution in [2.24, 2.45) is 11.5 Å². The second-order valence-corrected chi connectivity index (χ2v) is 14.5. The standard InChI is InChI=1S/C44H86N4O2/c1-3-5-7-9-11-13-15-17-19-21-23-25-27-29-31-33-35-47(41-43(49)39-45)37-38-48(42-44(50)40-46)36-34-32-30-28-26-24-22-20-18-16-14-12-10-8-6-4-2/h11-14,17-20,43-44,49-50H,3-10,15-16,21-42,45-46H2,1-2H3/b13-11-,14-12-,19-17+,20-18+. The number of allylic oxidation sites excluding steroid dienone is 8. The predicted molar refractivity (Wildman–Crippen MR) is 222 cm³/mol. The van der Waals surface area contributed by atoms with E-state index in [0.717, 1.165) is 51.9 Å². The fraction of sp³-hybridized carbons (Fsp3) is 0.818. The minimum atomic E-state index is -0.490. The molecule has 0 aromatic rings. The molecule has 294 valence electrons. The van der Waals surface area contributed by atoms with Gasteiger partial charge >= 0.3 is 0 Å².